The van der Waals surface area contributed by atoms with Crippen LogP contribution in [0.5, 0.6) is 0 Å². The van der Waals surface area contributed by atoms with E-state index in [1.165, 1.54) is 0 Å². The zero-order valence-corrected chi connectivity index (χ0v) is 11.2. The van der Waals surface area contributed by atoms with Crippen molar-refractivity contribution in [1.82, 2.24) is 9.97 Å². The van der Waals surface area contributed by atoms with Gasteiger partial charge in [-0.3, -0.25) is 0 Å². The highest BCUT2D eigenvalue weighted by Crippen LogP contribution is 2.25. The minimum Gasteiger partial charge on any atom is -0.329 e. The van der Waals surface area contributed by atoms with Crippen LogP contribution in [0.15, 0.2) is 22.4 Å². The summed E-state index contributed by atoms with van der Waals surface area (Å²) < 4.78 is 0. The first kappa shape index (κ1) is 13.8. The van der Waals surface area contributed by atoms with Crippen molar-refractivity contribution in [1.29, 1.82) is 0 Å². The van der Waals surface area contributed by atoms with Crippen LogP contribution in [0.25, 0.3) is 0 Å². The molecular weight excluding hydrogens is 240 g/mol. The van der Waals surface area contributed by atoms with E-state index in [0.29, 0.717) is 23.6 Å². The highest BCUT2D eigenvalue weighted by molar-refractivity contribution is 8.00. The third-order valence-electron chi connectivity index (χ3n) is 1.92. The Hall–Kier alpha value is -0.300. The van der Waals surface area contributed by atoms with Crippen LogP contribution in [-0.2, 0) is 0 Å². The Morgan fingerprint density at radius 2 is 1.50 bits per heavy atom. The van der Waals surface area contributed by atoms with Gasteiger partial charge >= 0.3 is 0 Å². The molecule has 0 spiro atoms. The van der Waals surface area contributed by atoms with Crippen LogP contribution in [0.3, 0.4) is 0 Å². The van der Waals surface area contributed by atoms with Crippen molar-refractivity contribution in [2.45, 2.75) is 34.4 Å². The Morgan fingerprint density at radius 3 is 1.88 bits per heavy atom. The maximum atomic E-state index is 5.57. The molecule has 0 fully saturated rings. The van der Waals surface area contributed by atoms with Crippen molar-refractivity contribution in [2.24, 2.45) is 11.5 Å². The van der Waals surface area contributed by atoms with E-state index < -0.39 is 0 Å². The Morgan fingerprint density at radius 1 is 1.06 bits per heavy atom. The van der Waals surface area contributed by atoms with Crippen molar-refractivity contribution >= 4 is 23.5 Å². The fourth-order valence-corrected chi connectivity index (χ4v) is 2.63. The summed E-state index contributed by atoms with van der Waals surface area (Å²) >= 11 is 3.34. The number of nitrogens with two attached hydrogens (primary N) is 2. The molecule has 0 aliphatic carbocycles. The van der Waals surface area contributed by atoms with Gasteiger partial charge in [-0.15, -0.1) is 23.5 Å². The molecule has 0 aromatic carbocycles. The van der Waals surface area contributed by atoms with Gasteiger partial charge in [0.2, 0.25) is 0 Å². The molecule has 4 N–H and O–H groups in total. The Labute approximate surface area is 105 Å². The molecule has 0 amide bonds. The van der Waals surface area contributed by atoms with E-state index in [0.717, 1.165) is 10.1 Å². The fourth-order valence-electron chi connectivity index (χ4n) is 0.960. The zero-order valence-electron chi connectivity index (χ0n) is 9.59. The fraction of sp³-hybridized carbons (Fsp3) is 0.600. The monoisotopic (exact) mass is 258 g/mol. The highest BCUT2D eigenvalue weighted by atomic mass is 32.2. The second kappa shape index (κ2) is 7.11. The molecule has 1 heterocycles. The summed E-state index contributed by atoms with van der Waals surface area (Å²) in [6.07, 6.45) is 1.59. The molecule has 0 radical (unpaired) electrons. The van der Waals surface area contributed by atoms with E-state index in [2.05, 4.69) is 23.8 Å². The van der Waals surface area contributed by atoms with Gasteiger partial charge in [0.1, 0.15) is 16.4 Å². The Bertz CT molecular complexity index is 294. The van der Waals surface area contributed by atoms with E-state index in [1.807, 2.05) is 6.07 Å². The van der Waals surface area contributed by atoms with Gasteiger partial charge in [0, 0.05) is 29.7 Å². The zero-order chi connectivity index (χ0) is 12.0. The second-order valence-electron chi connectivity index (χ2n) is 3.52. The lowest BCUT2D eigenvalue weighted by molar-refractivity contribution is 0.913. The van der Waals surface area contributed by atoms with E-state index in [9.17, 15) is 0 Å². The minimum atomic E-state index is 0.375. The van der Waals surface area contributed by atoms with Gasteiger partial charge in [0.15, 0.2) is 0 Å². The van der Waals surface area contributed by atoms with Crippen LogP contribution in [0, 0.1) is 0 Å². The second-order valence-corrected chi connectivity index (χ2v) is 6.44. The topological polar surface area (TPSA) is 77.8 Å². The molecule has 90 valence electrons. The predicted octanol–water partition coefficient (Wildman–Crippen LogP) is 1.36. The Kier molecular flexibility index (Phi) is 6.12. The van der Waals surface area contributed by atoms with Gasteiger partial charge in [0.25, 0.3) is 0 Å². The number of nitrogens with zero attached hydrogens (tertiary/aromatic N) is 2. The molecule has 0 saturated heterocycles. The van der Waals surface area contributed by atoms with Gasteiger partial charge in [-0.2, -0.15) is 0 Å². The van der Waals surface area contributed by atoms with Crippen LogP contribution in [0.2, 0.25) is 0 Å². The maximum absolute atomic E-state index is 5.57. The van der Waals surface area contributed by atoms with E-state index in [4.69, 9.17) is 11.5 Å². The standard InChI is InChI=1S/C10H18N4S2/c1-7(4-11)15-9-3-10(14-6-13-9)16-8(2)5-12/h3,6-8H,4-5,11-12H2,1-2H3. The molecule has 2 atom stereocenters. The van der Waals surface area contributed by atoms with E-state index in [-0.39, 0.29) is 0 Å². The normalized spacial score (nSPS) is 14.8. The highest BCUT2D eigenvalue weighted by Gasteiger charge is 2.07. The van der Waals surface area contributed by atoms with Crippen LogP contribution >= 0.6 is 23.5 Å². The average Bonchev–Trinajstić information content (AvgIpc) is 2.29. The van der Waals surface area contributed by atoms with Gasteiger partial charge in [-0.25, -0.2) is 9.97 Å². The average molecular weight is 258 g/mol. The lowest BCUT2D eigenvalue weighted by Gasteiger charge is -2.09. The quantitative estimate of drug-likeness (QED) is 0.592. The van der Waals surface area contributed by atoms with Crippen LogP contribution < -0.4 is 11.5 Å². The lowest BCUT2D eigenvalue weighted by atomic mass is 10.5. The predicted molar refractivity (Wildman–Crippen MR) is 70.8 cm³/mol. The summed E-state index contributed by atoms with van der Waals surface area (Å²) in [7, 11) is 0. The van der Waals surface area contributed by atoms with Gasteiger partial charge in [0.05, 0.1) is 0 Å². The van der Waals surface area contributed by atoms with Crippen molar-refractivity contribution < 1.29 is 0 Å². The summed E-state index contributed by atoms with van der Waals surface area (Å²) in [5.41, 5.74) is 11.1. The molecular formula is C10H18N4S2. The number of hydrogen-bond acceptors (Lipinski definition) is 6. The first-order valence-electron chi connectivity index (χ1n) is 5.21. The number of rotatable bonds is 6. The summed E-state index contributed by atoms with van der Waals surface area (Å²) in [4.78, 5) is 8.42. The molecule has 0 aliphatic rings. The van der Waals surface area contributed by atoms with E-state index >= 15 is 0 Å². The molecule has 6 heteroatoms. The summed E-state index contributed by atoms with van der Waals surface area (Å²) in [5.74, 6) is 0. The van der Waals surface area contributed by atoms with Crippen molar-refractivity contribution in [3.8, 4) is 0 Å². The van der Waals surface area contributed by atoms with Crippen LogP contribution in [0.1, 0.15) is 13.8 Å². The first-order chi connectivity index (χ1) is 7.65. The van der Waals surface area contributed by atoms with Crippen molar-refractivity contribution in [3.05, 3.63) is 12.4 Å². The number of aromatic nitrogens is 2. The SMILES string of the molecule is CC(CN)Sc1cc(SC(C)CN)ncn1. The van der Waals surface area contributed by atoms with Crippen LogP contribution in [-0.4, -0.2) is 33.6 Å². The number of thioether (sulfide) groups is 2. The van der Waals surface area contributed by atoms with Gasteiger partial charge in [-0.1, -0.05) is 13.8 Å². The molecule has 1 rings (SSSR count). The first-order valence-corrected chi connectivity index (χ1v) is 6.97. The molecule has 2 unspecified atom stereocenters. The third kappa shape index (κ3) is 4.69. The number of hydrogen-bond donors (Lipinski definition) is 2. The Balaban J connectivity index is 2.63. The molecule has 0 bridgehead atoms. The van der Waals surface area contributed by atoms with Crippen molar-refractivity contribution in [3.63, 3.8) is 0 Å². The molecule has 0 aliphatic heterocycles. The summed E-state index contributed by atoms with van der Waals surface area (Å²) in [5, 5.41) is 2.69. The maximum Gasteiger partial charge on any atom is 0.117 e. The van der Waals surface area contributed by atoms with E-state index in [1.54, 1.807) is 29.9 Å². The van der Waals surface area contributed by atoms with Crippen molar-refractivity contribution in [2.75, 3.05) is 13.1 Å². The van der Waals surface area contributed by atoms with Crippen LogP contribution in [0.4, 0.5) is 0 Å². The molecule has 1 aromatic heterocycles. The minimum absolute atomic E-state index is 0.375. The largest absolute Gasteiger partial charge is 0.329 e. The molecule has 4 nitrogen and oxygen atoms in total. The third-order valence-corrected chi connectivity index (χ3v) is 4.04. The smallest absolute Gasteiger partial charge is 0.117 e. The summed E-state index contributed by atoms with van der Waals surface area (Å²) in [6.45, 7) is 5.47. The summed E-state index contributed by atoms with van der Waals surface area (Å²) in [6, 6.07) is 1.99. The molecule has 16 heavy (non-hydrogen) atoms. The molecule has 1 aromatic rings. The molecule has 0 saturated carbocycles. The van der Waals surface area contributed by atoms with Gasteiger partial charge in [-0.05, 0) is 0 Å². The van der Waals surface area contributed by atoms with Gasteiger partial charge < -0.3 is 11.5 Å². The lowest BCUT2D eigenvalue weighted by Crippen LogP contribution is -2.13.